The summed E-state index contributed by atoms with van der Waals surface area (Å²) in [5.41, 5.74) is 0.965. The second-order valence-corrected chi connectivity index (χ2v) is 3.24. The van der Waals surface area contributed by atoms with Crippen LogP contribution in [0.4, 0.5) is 0 Å². The maximum Gasteiger partial charge on any atom is 0.0961 e. The molecular formula is C9H12N4. The monoisotopic (exact) mass is 176 g/mol. The minimum absolute atomic E-state index is 0.251. The van der Waals surface area contributed by atoms with Crippen LogP contribution < -0.4 is 0 Å². The molecule has 2 rings (SSSR count). The first-order valence-corrected chi connectivity index (χ1v) is 4.35. The number of rotatable bonds is 1. The number of amidine groups is 1. The molecule has 1 aliphatic rings. The molecule has 2 heterocycles. The Balaban J connectivity index is 2.24. The molecule has 1 unspecified atom stereocenters. The van der Waals surface area contributed by atoms with Crippen molar-refractivity contribution < 1.29 is 0 Å². The highest BCUT2D eigenvalue weighted by molar-refractivity contribution is 5.81. The lowest BCUT2D eigenvalue weighted by Crippen LogP contribution is -2.22. The van der Waals surface area contributed by atoms with Crippen molar-refractivity contribution in [2.45, 2.75) is 18.9 Å². The van der Waals surface area contributed by atoms with Crippen molar-refractivity contribution >= 4 is 5.84 Å². The average molecular weight is 176 g/mol. The summed E-state index contributed by atoms with van der Waals surface area (Å²) in [6, 6.07) is 0.251. The van der Waals surface area contributed by atoms with Gasteiger partial charge in [-0.1, -0.05) is 0 Å². The second-order valence-electron chi connectivity index (χ2n) is 3.24. The number of likely N-dealkylation sites (tertiary alicyclic amines) is 1. The van der Waals surface area contributed by atoms with Gasteiger partial charge in [-0.15, -0.1) is 0 Å². The average Bonchev–Trinajstić information content (AvgIpc) is 2.49. The minimum Gasteiger partial charge on any atom is -0.355 e. The highest BCUT2D eigenvalue weighted by Crippen LogP contribution is 2.29. The predicted octanol–water partition coefficient (Wildman–Crippen LogP) is 1.22. The molecular weight excluding hydrogens is 164 g/mol. The summed E-state index contributed by atoms with van der Waals surface area (Å²) in [4.78, 5) is 10.2. The third-order valence-corrected chi connectivity index (χ3v) is 2.47. The van der Waals surface area contributed by atoms with E-state index in [-0.39, 0.29) is 6.04 Å². The zero-order valence-corrected chi connectivity index (χ0v) is 7.57. The van der Waals surface area contributed by atoms with Gasteiger partial charge in [0.25, 0.3) is 0 Å². The van der Waals surface area contributed by atoms with Crippen molar-refractivity contribution in [3.63, 3.8) is 0 Å². The standard InChI is InChI=1S/C9H12N4/c1-13-8(2-3-9(13)10)7-6-11-4-5-12-7/h4-6,8,10H,2-3H2,1H3. The van der Waals surface area contributed by atoms with Crippen LogP contribution in [0.15, 0.2) is 18.6 Å². The Bertz CT molecular complexity index is 309. The molecule has 0 spiro atoms. The molecule has 1 aromatic rings. The van der Waals surface area contributed by atoms with Crippen LogP contribution in [0.25, 0.3) is 0 Å². The molecule has 1 aliphatic heterocycles. The van der Waals surface area contributed by atoms with E-state index >= 15 is 0 Å². The van der Waals surface area contributed by atoms with Gasteiger partial charge in [0.1, 0.15) is 0 Å². The van der Waals surface area contributed by atoms with Crippen LogP contribution in [0.3, 0.4) is 0 Å². The molecule has 4 nitrogen and oxygen atoms in total. The lowest BCUT2D eigenvalue weighted by atomic mass is 10.1. The minimum atomic E-state index is 0.251. The van der Waals surface area contributed by atoms with Crippen molar-refractivity contribution in [1.82, 2.24) is 14.9 Å². The largest absolute Gasteiger partial charge is 0.355 e. The van der Waals surface area contributed by atoms with Crippen LogP contribution in [0, 0.1) is 5.41 Å². The van der Waals surface area contributed by atoms with E-state index < -0.39 is 0 Å². The normalized spacial score (nSPS) is 22.4. The Hall–Kier alpha value is -1.45. The molecule has 1 N–H and O–H groups in total. The van der Waals surface area contributed by atoms with Gasteiger partial charge in [-0.2, -0.15) is 0 Å². The Morgan fingerprint density at radius 2 is 2.38 bits per heavy atom. The van der Waals surface area contributed by atoms with E-state index in [4.69, 9.17) is 5.41 Å². The fourth-order valence-corrected chi connectivity index (χ4v) is 1.66. The lowest BCUT2D eigenvalue weighted by molar-refractivity contribution is 0.396. The van der Waals surface area contributed by atoms with Gasteiger partial charge < -0.3 is 4.90 Å². The molecule has 0 amide bonds. The van der Waals surface area contributed by atoms with Crippen molar-refractivity contribution in [2.24, 2.45) is 0 Å². The maximum atomic E-state index is 7.61. The predicted molar refractivity (Wildman–Crippen MR) is 49.5 cm³/mol. The summed E-state index contributed by atoms with van der Waals surface area (Å²) in [7, 11) is 1.94. The van der Waals surface area contributed by atoms with Crippen LogP contribution in [0.2, 0.25) is 0 Å². The molecule has 0 bridgehead atoms. The third kappa shape index (κ3) is 1.39. The molecule has 1 aromatic heterocycles. The Morgan fingerprint density at radius 3 is 2.92 bits per heavy atom. The summed E-state index contributed by atoms with van der Waals surface area (Å²) >= 11 is 0. The van der Waals surface area contributed by atoms with E-state index in [9.17, 15) is 0 Å². The van der Waals surface area contributed by atoms with Gasteiger partial charge in [-0.3, -0.25) is 15.4 Å². The van der Waals surface area contributed by atoms with Crippen molar-refractivity contribution in [2.75, 3.05) is 7.05 Å². The molecule has 0 aliphatic carbocycles. The van der Waals surface area contributed by atoms with Crippen molar-refractivity contribution in [3.05, 3.63) is 24.3 Å². The second kappa shape index (κ2) is 3.12. The van der Waals surface area contributed by atoms with Gasteiger partial charge in [0.15, 0.2) is 0 Å². The Labute approximate surface area is 77.1 Å². The Morgan fingerprint density at radius 1 is 1.54 bits per heavy atom. The van der Waals surface area contributed by atoms with E-state index in [1.165, 1.54) is 0 Å². The summed E-state index contributed by atoms with van der Waals surface area (Å²) in [5, 5.41) is 7.61. The number of aromatic nitrogens is 2. The molecule has 0 radical (unpaired) electrons. The number of nitrogens with zero attached hydrogens (tertiary/aromatic N) is 3. The summed E-state index contributed by atoms with van der Waals surface area (Å²) in [5.74, 6) is 0.690. The van der Waals surface area contributed by atoms with Crippen molar-refractivity contribution in [3.8, 4) is 0 Å². The lowest BCUT2D eigenvalue weighted by Gasteiger charge is -2.19. The number of nitrogens with one attached hydrogen (secondary N) is 1. The third-order valence-electron chi connectivity index (χ3n) is 2.47. The van der Waals surface area contributed by atoms with Gasteiger partial charge in [-0.05, 0) is 6.42 Å². The molecule has 1 fully saturated rings. The number of hydrogen-bond donors (Lipinski definition) is 1. The van der Waals surface area contributed by atoms with E-state index in [2.05, 4.69) is 9.97 Å². The van der Waals surface area contributed by atoms with Gasteiger partial charge in [0, 0.05) is 25.9 Å². The van der Waals surface area contributed by atoms with Crippen molar-refractivity contribution in [1.29, 1.82) is 5.41 Å². The molecule has 1 saturated heterocycles. The fourth-order valence-electron chi connectivity index (χ4n) is 1.66. The summed E-state index contributed by atoms with van der Waals surface area (Å²) in [6.07, 6.45) is 6.97. The topological polar surface area (TPSA) is 52.9 Å². The van der Waals surface area contributed by atoms with Crippen LogP contribution in [0.1, 0.15) is 24.6 Å². The molecule has 4 heteroatoms. The molecule has 13 heavy (non-hydrogen) atoms. The molecule has 68 valence electrons. The first kappa shape index (κ1) is 8.16. The summed E-state index contributed by atoms with van der Waals surface area (Å²) in [6.45, 7) is 0. The maximum absolute atomic E-state index is 7.61. The Kier molecular flexibility index (Phi) is 1.96. The zero-order valence-electron chi connectivity index (χ0n) is 7.57. The SMILES string of the molecule is CN1C(=N)CCC1c1cnccn1. The van der Waals surface area contributed by atoms with Crippen LogP contribution in [-0.2, 0) is 0 Å². The van der Waals surface area contributed by atoms with E-state index in [1.54, 1.807) is 18.6 Å². The number of hydrogen-bond acceptors (Lipinski definition) is 3. The van der Waals surface area contributed by atoms with Gasteiger partial charge in [-0.25, -0.2) is 0 Å². The van der Waals surface area contributed by atoms with Gasteiger partial charge in [0.2, 0.25) is 0 Å². The summed E-state index contributed by atoms with van der Waals surface area (Å²) < 4.78 is 0. The van der Waals surface area contributed by atoms with Gasteiger partial charge >= 0.3 is 0 Å². The van der Waals surface area contributed by atoms with Crippen LogP contribution in [-0.4, -0.2) is 27.8 Å². The van der Waals surface area contributed by atoms with Crippen LogP contribution >= 0.6 is 0 Å². The quantitative estimate of drug-likeness (QED) is 0.700. The molecule has 0 saturated carbocycles. The van der Waals surface area contributed by atoms with Gasteiger partial charge in [0.05, 0.1) is 23.8 Å². The van der Waals surface area contributed by atoms with E-state index in [0.29, 0.717) is 5.84 Å². The first-order valence-electron chi connectivity index (χ1n) is 4.35. The molecule has 1 atom stereocenters. The van der Waals surface area contributed by atoms with Crippen LogP contribution in [0.5, 0.6) is 0 Å². The molecule has 0 aromatic carbocycles. The smallest absolute Gasteiger partial charge is 0.0961 e. The highest BCUT2D eigenvalue weighted by atomic mass is 15.2. The zero-order chi connectivity index (χ0) is 9.26. The first-order chi connectivity index (χ1) is 6.29. The highest BCUT2D eigenvalue weighted by Gasteiger charge is 2.27. The van der Waals surface area contributed by atoms with E-state index in [0.717, 1.165) is 18.5 Å². The van der Waals surface area contributed by atoms with E-state index in [1.807, 2.05) is 11.9 Å². The fraction of sp³-hybridized carbons (Fsp3) is 0.444.